The molecule has 1 N–H and O–H groups in total. The van der Waals surface area contributed by atoms with Crippen LogP contribution in [-0.4, -0.2) is 41.0 Å². The number of aliphatic hydroxyl groups is 1. The molecule has 8 nitrogen and oxygen atoms in total. The number of rotatable bonds is 7. The van der Waals surface area contributed by atoms with Gasteiger partial charge in [0.1, 0.15) is 16.4 Å². The Morgan fingerprint density at radius 2 is 1.69 bits per heavy atom. The van der Waals surface area contributed by atoms with E-state index in [4.69, 9.17) is 9.47 Å². The van der Waals surface area contributed by atoms with Gasteiger partial charge in [-0.15, -0.1) is 0 Å². The number of benzene rings is 2. The Hall–Kier alpha value is -3.98. The van der Waals surface area contributed by atoms with Crippen LogP contribution < -0.4 is 9.64 Å². The molecule has 4 rings (SSSR count). The van der Waals surface area contributed by atoms with Crippen molar-refractivity contribution in [2.24, 2.45) is 0 Å². The van der Waals surface area contributed by atoms with E-state index >= 15 is 0 Å². The van der Waals surface area contributed by atoms with Crippen LogP contribution in [0.25, 0.3) is 5.76 Å². The molecule has 0 radical (unpaired) electrons. The fraction of sp³-hybridized carbons (Fsp3) is 0.259. The molecule has 1 saturated heterocycles. The lowest BCUT2D eigenvalue weighted by atomic mass is 9.95. The Kier molecular flexibility index (Phi) is 7.21. The summed E-state index contributed by atoms with van der Waals surface area (Å²) in [6, 6.07) is 13.0. The lowest BCUT2D eigenvalue weighted by Crippen LogP contribution is -2.29. The van der Waals surface area contributed by atoms with Gasteiger partial charge in [0.25, 0.3) is 5.78 Å². The van der Waals surface area contributed by atoms with E-state index in [1.54, 1.807) is 50.2 Å². The van der Waals surface area contributed by atoms with Gasteiger partial charge in [-0.05, 0) is 45.4 Å². The second-order valence-electron chi connectivity index (χ2n) is 8.17. The third-order valence-corrected chi connectivity index (χ3v) is 6.87. The third kappa shape index (κ3) is 4.61. The molecule has 1 unspecified atom stereocenters. The van der Waals surface area contributed by atoms with E-state index in [9.17, 15) is 19.5 Å². The topological polar surface area (TPSA) is 106 Å². The summed E-state index contributed by atoms with van der Waals surface area (Å²) in [7, 11) is 0. The highest BCUT2D eigenvalue weighted by Gasteiger charge is 2.48. The second kappa shape index (κ2) is 10.3. The smallest absolute Gasteiger partial charge is 0.350 e. The number of aliphatic hydroxyl groups excluding tert-OH is 1. The van der Waals surface area contributed by atoms with E-state index in [1.807, 2.05) is 26.0 Å². The number of carbonyl (C=O) groups excluding carboxylic acids is 3. The minimum atomic E-state index is -0.956. The number of aromatic nitrogens is 1. The minimum absolute atomic E-state index is 0.0569. The van der Waals surface area contributed by atoms with Crippen molar-refractivity contribution in [1.29, 1.82) is 0 Å². The average Bonchev–Trinajstić information content (AvgIpc) is 3.37. The van der Waals surface area contributed by atoms with Crippen LogP contribution in [0.2, 0.25) is 0 Å². The first-order valence-electron chi connectivity index (χ1n) is 11.5. The third-order valence-electron chi connectivity index (χ3n) is 5.73. The number of hydrogen-bond donors (Lipinski definition) is 1. The van der Waals surface area contributed by atoms with Gasteiger partial charge in [0.2, 0.25) is 0 Å². The molecule has 1 aromatic heterocycles. The van der Waals surface area contributed by atoms with Crippen molar-refractivity contribution in [3.63, 3.8) is 0 Å². The Labute approximate surface area is 212 Å². The van der Waals surface area contributed by atoms with E-state index < -0.39 is 23.7 Å². The van der Waals surface area contributed by atoms with Crippen molar-refractivity contribution in [2.75, 3.05) is 18.1 Å². The molecule has 0 bridgehead atoms. The molecule has 1 aliphatic heterocycles. The Morgan fingerprint density at radius 1 is 1.03 bits per heavy atom. The molecule has 0 saturated carbocycles. The molecule has 0 aliphatic carbocycles. The van der Waals surface area contributed by atoms with Crippen LogP contribution in [0.5, 0.6) is 5.75 Å². The van der Waals surface area contributed by atoms with Gasteiger partial charge in [-0.1, -0.05) is 53.3 Å². The minimum Gasteiger partial charge on any atom is -0.507 e. The highest BCUT2D eigenvalue weighted by Crippen LogP contribution is 2.44. The van der Waals surface area contributed by atoms with E-state index in [0.717, 1.165) is 16.9 Å². The molecule has 2 heterocycles. The average molecular weight is 507 g/mol. The van der Waals surface area contributed by atoms with Crippen molar-refractivity contribution in [3.8, 4) is 5.75 Å². The number of Topliss-reactive ketones (excluding diaryl/α,β-unsaturated/α-hetero) is 1. The molecular formula is C27H26N2O6S. The zero-order chi connectivity index (χ0) is 26.0. The molecule has 36 heavy (non-hydrogen) atoms. The number of hydrogen-bond acceptors (Lipinski definition) is 8. The van der Waals surface area contributed by atoms with Crippen LogP contribution in [0.4, 0.5) is 5.13 Å². The van der Waals surface area contributed by atoms with Crippen LogP contribution in [0, 0.1) is 13.8 Å². The monoisotopic (exact) mass is 506 g/mol. The maximum absolute atomic E-state index is 13.3. The Balaban J connectivity index is 1.88. The summed E-state index contributed by atoms with van der Waals surface area (Å²) in [5, 5.41) is 11.4. The molecule has 186 valence electrons. The molecule has 0 spiro atoms. The number of esters is 1. The number of nitrogens with zero attached hydrogens (tertiary/aromatic N) is 2. The Bertz CT molecular complexity index is 1340. The summed E-state index contributed by atoms with van der Waals surface area (Å²) in [5.41, 5.74) is 2.31. The van der Waals surface area contributed by atoms with Crippen molar-refractivity contribution in [1.82, 2.24) is 4.98 Å². The van der Waals surface area contributed by atoms with Crippen LogP contribution in [0.1, 0.15) is 51.9 Å². The summed E-state index contributed by atoms with van der Waals surface area (Å²) in [6.45, 7) is 7.80. The lowest BCUT2D eigenvalue weighted by Gasteiger charge is -2.23. The maximum Gasteiger partial charge on any atom is 0.350 e. The molecule has 1 amide bonds. The van der Waals surface area contributed by atoms with Gasteiger partial charge >= 0.3 is 11.9 Å². The van der Waals surface area contributed by atoms with Gasteiger partial charge < -0.3 is 14.6 Å². The fourth-order valence-electron chi connectivity index (χ4n) is 4.00. The number of ketones is 1. The SMILES string of the molecule is CCOC(=O)c1sc(N2C(=O)C(=O)C(=C(O)c3ccc(C)cc3)C2c2ccc(OCC)cc2)nc1C. The highest BCUT2D eigenvalue weighted by molar-refractivity contribution is 7.17. The molecule has 1 aliphatic rings. The number of amides is 1. The summed E-state index contributed by atoms with van der Waals surface area (Å²) in [6.07, 6.45) is 0. The van der Waals surface area contributed by atoms with Gasteiger partial charge in [-0.3, -0.25) is 14.5 Å². The fourth-order valence-corrected chi connectivity index (χ4v) is 4.98. The van der Waals surface area contributed by atoms with Crippen molar-refractivity contribution >= 4 is 39.9 Å². The zero-order valence-electron chi connectivity index (χ0n) is 20.4. The first-order chi connectivity index (χ1) is 17.3. The van der Waals surface area contributed by atoms with Gasteiger partial charge in [0, 0.05) is 5.56 Å². The molecule has 3 aromatic rings. The summed E-state index contributed by atoms with van der Waals surface area (Å²) in [4.78, 5) is 44.9. The first-order valence-corrected chi connectivity index (χ1v) is 12.3. The molecular weight excluding hydrogens is 480 g/mol. The Morgan fingerprint density at radius 3 is 2.31 bits per heavy atom. The lowest BCUT2D eigenvalue weighted by molar-refractivity contribution is -0.132. The quantitative estimate of drug-likeness (QED) is 0.209. The predicted octanol–water partition coefficient (Wildman–Crippen LogP) is 4.96. The largest absolute Gasteiger partial charge is 0.507 e. The van der Waals surface area contributed by atoms with Gasteiger partial charge in [0.15, 0.2) is 5.13 Å². The number of anilines is 1. The molecule has 2 aromatic carbocycles. The summed E-state index contributed by atoms with van der Waals surface area (Å²) < 4.78 is 10.6. The zero-order valence-corrected chi connectivity index (χ0v) is 21.2. The normalized spacial score (nSPS) is 16.9. The summed E-state index contributed by atoms with van der Waals surface area (Å²) >= 11 is 0.970. The van der Waals surface area contributed by atoms with Gasteiger partial charge in [0.05, 0.1) is 30.5 Å². The van der Waals surface area contributed by atoms with Crippen LogP contribution >= 0.6 is 11.3 Å². The predicted molar refractivity (Wildman–Crippen MR) is 136 cm³/mol. The van der Waals surface area contributed by atoms with E-state index in [2.05, 4.69) is 4.98 Å². The van der Waals surface area contributed by atoms with E-state index in [1.165, 1.54) is 4.90 Å². The number of ether oxygens (including phenoxy) is 2. The van der Waals surface area contributed by atoms with Crippen LogP contribution in [0.15, 0.2) is 54.1 Å². The van der Waals surface area contributed by atoms with Crippen molar-refractivity contribution in [2.45, 2.75) is 33.7 Å². The number of carbonyl (C=O) groups is 3. The maximum atomic E-state index is 13.3. The second-order valence-corrected chi connectivity index (χ2v) is 9.15. The highest BCUT2D eigenvalue weighted by atomic mass is 32.1. The van der Waals surface area contributed by atoms with Gasteiger partial charge in [-0.25, -0.2) is 9.78 Å². The van der Waals surface area contributed by atoms with Crippen molar-refractivity contribution in [3.05, 3.63) is 81.4 Å². The number of aryl methyl sites for hydroxylation is 2. The first kappa shape index (κ1) is 25.1. The van der Waals surface area contributed by atoms with Crippen LogP contribution in [0.3, 0.4) is 0 Å². The molecule has 1 fully saturated rings. The molecule has 9 heteroatoms. The van der Waals surface area contributed by atoms with E-state index in [0.29, 0.717) is 29.2 Å². The van der Waals surface area contributed by atoms with Gasteiger partial charge in [-0.2, -0.15) is 0 Å². The standard InChI is InChI=1S/C27H26N2O6S/c1-5-34-19-13-11-17(12-14-19)21-20(22(30)18-9-7-15(3)8-10-18)23(31)25(32)29(21)27-28-16(4)24(36-27)26(33)35-6-2/h7-14,21,30H,5-6H2,1-4H3. The van der Waals surface area contributed by atoms with Crippen LogP contribution in [-0.2, 0) is 14.3 Å². The number of thiazole rings is 1. The molecule has 1 atom stereocenters. The summed E-state index contributed by atoms with van der Waals surface area (Å²) in [5.74, 6) is -1.88. The van der Waals surface area contributed by atoms with E-state index in [-0.39, 0.29) is 27.9 Å². The van der Waals surface area contributed by atoms with Crippen molar-refractivity contribution < 1.29 is 29.0 Å².